The normalized spacial score (nSPS) is 11.4. The predicted molar refractivity (Wildman–Crippen MR) is 88.5 cm³/mol. The van der Waals surface area contributed by atoms with Crippen molar-refractivity contribution in [2.75, 3.05) is 4.72 Å². The van der Waals surface area contributed by atoms with E-state index in [2.05, 4.69) is 14.8 Å². The first-order chi connectivity index (χ1) is 11.4. The van der Waals surface area contributed by atoms with Crippen molar-refractivity contribution < 1.29 is 18.3 Å². The van der Waals surface area contributed by atoms with Crippen LogP contribution < -0.4 is 4.72 Å². The summed E-state index contributed by atoms with van der Waals surface area (Å²) in [6.07, 6.45) is 2.40. The molecule has 0 unspecified atom stereocenters. The van der Waals surface area contributed by atoms with Gasteiger partial charge in [-0.2, -0.15) is 5.10 Å². The Labute approximate surface area is 141 Å². The maximum absolute atomic E-state index is 12.5. The molecule has 3 aromatic rings. The Hall–Kier alpha value is -2.72. The lowest BCUT2D eigenvalue weighted by molar-refractivity contribution is 0.0686. The smallest absolute Gasteiger partial charge is 0.356 e. The highest BCUT2D eigenvalue weighted by molar-refractivity contribution is 7.94. The Bertz CT molecular complexity index is 993. The molecule has 0 aliphatic carbocycles. The number of hydrogen-bond acceptors (Lipinski definition) is 6. The van der Waals surface area contributed by atoms with E-state index < -0.39 is 16.0 Å². The summed E-state index contributed by atoms with van der Waals surface area (Å²) in [5, 5.41) is 13.5. The Morgan fingerprint density at radius 1 is 1.25 bits per heavy atom. The van der Waals surface area contributed by atoms with E-state index in [9.17, 15) is 13.2 Å². The fraction of sp³-hybridized carbons (Fsp3) is 0.0714. The molecule has 0 saturated carbocycles. The first kappa shape index (κ1) is 16.1. The van der Waals surface area contributed by atoms with Crippen LogP contribution in [0.1, 0.15) is 10.5 Å². The predicted octanol–water partition coefficient (Wildman–Crippen LogP) is 2.04. The van der Waals surface area contributed by atoms with Gasteiger partial charge in [0.2, 0.25) is 0 Å². The van der Waals surface area contributed by atoms with E-state index >= 15 is 0 Å². The number of carbonyl (C=O) groups is 1. The Morgan fingerprint density at radius 3 is 2.62 bits per heavy atom. The standard InChI is InChI=1S/C14H12N4O4S2/c1-18-12(14(19)20)10(7-16-18)17-24(21,22)11-8-15-13(23-11)9-5-3-2-4-6-9/h2-8,17H,1H3,(H,19,20). The number of thiazole rings is 1. The lowest BCUT2D eigenvalue weighted by Gasteiger charge is -2.05. The van der Waals surface area contributed by atoms with Crippen LogP contribution >= 0.6 is 11.3 Å². The van der Waals surface area contributed by atoms with Gasteiger partial charge in [0.15, 0.2) is 9.90 Å². The zero-order valence-electron chi connectivity index (χ0n) is 12.4. The molecular weight excluding hydrogens is 352 g/mol. The zero-order chi connectivity index (χ0) is 17.3. The summed E-state index contributed by atoms with van der Waals surface area (Å²) in [5.41, 5.74) is 0.461. The zero-order valence-corrected chi connectivity index (χ0v) is 14.0. The van der Waals surface area contributed by atoms with Crippen molar-refractivity contribution in [3.8, 4) is 10.6 Å². The van der Waals surface area contributed by atoms with Gasteiger partial charge < -0.3 is 5.11 Å². The van der Waals surface area contributed by atoms with Crippen LogP contribution in [0.15, 0.2) is 46.9 Å². The van der Waals surface area contributed by atoms with Crippen molar-refractivity contribution in [3.05, 3.63) is 48.4 Å². The van der Waals surface area contributed by atoms with E-state index in [4.69, 9.17) is 5.11 Å². The Morgan fingerprint density at radius 2 is 1.96 bits per heavy atom. The van der Waals surface area contributed by atoms with E-state index in [1.165, 1.54) is 13.2 Å². The van der Waals surface area contributed by atoms with Gasteiger partial charge in [0, 0.05) is 12.6 Å². The monoisotopic (exact) mass is 364 g/mol. The summed E-state index contributed by atoms with van der Waals surface area (Å²) >= 11 is 0.997. The number of sulfonamides is 1. The average molecular weight is 364 g/mol. The average Bonchev–Trinajstić information content (AvgIpc) is 3.15. The molecule has 0 aliphatic rings. The third kappa shape index (κ3) is 3.01. The molecule has 10 heteroatoms. The van der Waals surface area contributed by atoms with Crippen LogP contribution in [-0.2, 0) is 17.1 Å². The molecule has 2 aromatic heterocycles. The van der Waals surface area contributed by atoms with Crippen molar-refractivity contribution in [2.24, 2.45) is 7.05 Å². The summed E-state index contributed by atoms with van der Waals surface area (Å²) in [5.74, 6) is -1.28. The maximum atomic E-state index is 12.5. The number of aromatic nitrogens is 3. The third-order valence-electron chi connectivity index (χ3n) is 3.16. The van der Waals surface area contributed by atoms with Gasteiger partial charge in [-0.15, -0.1) is 11.3 Å². The molecular formula is C14H12N4O4S2. The van der Waals surface area contributed by atoms with Gasteiger partial charge in [0.05, 0.1) is 12.4 Å². The van der Waals surface area contributed by atoms with Crippen LogP contribution in [0.5, 0.6) is 0 Å². The van der Waals surface area contributed by atoms with Crippen molar-refractivity contribution in [1.82, 2.24) is 14.8 Å². The van der Waals surface area contributed by atoms with E-state index in [0.717, 1.165) is 27.8 Å². The van der Waals surface area contributed by atoms with E-state index in [1.807, 2.05) is 30.3 Å². The number of aryl methyl sites for hydroxylation is 1. The van der Waals surface area contributed by atoms with Crippen LogP contribution in [-0.4, -0.2) is 34.3 Å². The first-order valence-electron chi connectivity index (χ1n) is 6.68. The molecule has 0 radical (unpaired) electrons. The molecule has 0 aliphatic heterocycles. The quantitative estimate of drug-likeness (QED) is 0.716. The molecule has 2 heterocycles. The van der Waals surface area contributed by atoms with Gasteiger partial charge in [-0.05, 0) is 0 Å². The number of carboxylic acid groups (broad SMARTS) is 1. The summed E-state index contributed by atoms with van der Waals surface area (Å²) in [6, 6.07) is 9.17. The molecule has 24 heavy (non-hydrogen) atoms. The largest absolute Gasteiger partial charge is 0.476 e. The van der Waals surface area contributed by atoms with Crippen LogP contribution in [0.25, 0.3) is 10.6 Å². The summed E-state index contributed by atoms with van der Waals surface area (Å²) in [4.78, 5) is 15.3. The number of hydrogen-bond donors (Lipinski definition) is 2. The van der Waals surface area contributed by atoms with E-state index in [0.29, 0.717) is 5.01 Å². The highest BCUT2D eigenvalue weighted by Gasteiger charge is 2.24. The third-order valence-corrected chi connectivity index (χ3v) is 6.03. The summed E-state index contributed by atoms with van der Waals surface area (Å²) in [7, 11) is -2.54. The van der Waals surface area contributed by atoms with Crippen LogP contribution in [0, 0.1) is 0 Å². The van der Waals surface area contributed by atoms with Crippen LogP contribution in [0.4, 0.5) is 5.69 Å². The van der Waals surface area contributed by atoms with Gasteiger partial charge in [0.1, 0.15) is 10.7 Å². The molecule has 0 saturated heterocycles. The van der Waals surface area contributed by atoms with Crippen molar-refractivity contribution in [2.45, 2.75) is 4.21 Å². The Kier molecular flexibility index (Phi) is 4.08. The number of rotatable bonds is 5. The van der Waals surface area contributed by atoms with Gasteiger partial charge >= 0.3 is 5.97 Å². The molecule has 0 spiro atoms. The molecule has 2 N–H and O–H groups in total. The molecule has 3 rings (SSSR count). The number of aromatic carboxylic acids is 1. The van der Waals surface area contributed by atoms with Crippen molar-refractivity contribution in [3.63, 3.8) is 0 Å². The van der Waals surface area contributed by atoms with Gasteiger partial charge in [0.25, 0.3) is 10.0 Å². The molecule has 0 amide bonds. The number of nitrogens with one attached hydrogen (secondary N) is 1. The number of nitrogens with zero attached hydrogens (tertiary/aromatic N) is 3. The topological polar surface area (TPSA) is 114 Å². The Balaban J connectivity index is 1.92. The SMILES string of the molecule is Cn1ncc(NS(=O)(=O)c2cnc(-c3ccccc3)s2)c1C(=O)O. The van der Waals surface area contributed by atoms with Crippen molar-refractivity contribution in [1.29, 1.82) is 0 Å². The van der Waals surface area contributed by atoms with Gasteiger partial charge in [-0.3, -0.25) is 9.40 Å². The lowest BCUT2D eigenvalue weighted by atomic mass is 10.2. The van der Waals surface area contributed by atoms with Gasteiger partial charge in [-0.25, -0.2) is 18.2 Å². The highest BCUT2D eigenvalue weighted by Crippen LogP contribution is 2.29. The van der Waals surface area contributed by atoms with Crippen LogP contribution in [0.3, 0.4) is 0 Å². The maximum Gasteiger partial charge on any atom is 0.356 e. The lowest BCUT2D eigenvalue weighted by Crippen LogP contribution is -2.15. The molecule has 0 atom stereocenters. The fourth-order valence-electron chi connectivity index (χ4n) is 2.06. The van der Waals surface area contributed by atoms with E-state index in [1.54, 1.807) is 0 Å². The molecule has 124 valence electrons. The molecule has 8 nitrogen and oxygen atoms in total. The molecule has 0 fully saturated rings. The molecule has 0 bridgehead atoms. The van der Waals surface area contributed by atoms with Crippen molar-refractivity contribution >= 4 is 33.0 Å². The number of carboxylic acids is 1. The summed E-state index contributed by atoms with van der Waals surface area (Å²) in [6.45, 7) is 0. The molecule has 1 aromatic carbocycles. The fourth-order valence-corrected chi connectivity index (χ4v) is 4.25. The highest BCUT2D eigenvalue weighted by atomic mass is 32.2. The minimum absolute atomic E-state index is 0.0125. The van der Waals surface area contributed by atoms with E-state index in [-0.39, 0.29) is 15.6 Å². The van der Waals surface area contributed by atoms with Gasteiger partial charge in [-0.1, -0.05) is 30.3 Å². The first-order valence-corrected chi connectivity index (χ1v) is 8.98. The second-order valence-electron chi connectivity index (χ2n) is 4.79. The number of benzene rings is 1. The summed E-state index contributed by atoms with van der Waals surface area (Å²) < 4.78 is 28.2. The second-order valence-corrected chi connectivity index (χ2v) is 7.73. The second kappa shape index (κ2) is 6.06. The minimum atomic E-state index is -3.95. The van der Waals surface area contributed by atoms with Crippen LogP contribution in [0.2, 0.25) is 0 Å². The minimum Gasteiger partial charge on any atom is -0.476 e. The number of anilines is 1.